The van der Waals surface area contributed by atoms with Gasteiger partial charge in [-0.3, -0.25) is 0 Å². The molecule has 0 atom stereocenters. The van der Waals surface area contributed by atoms with E-state index in [9.17, 15) is 8.42 Å². The van der Waals surface area contributed by atoms with E-state index in [-0.39, 0.29) is 17.7 Å². The molecule has 0 bridgehead atoms. The van der Waals surface area contributed by atoms with Crippen LogP contribution in [-0.2, 0) is 14.8 Å². The average Bonchev–Trinajstić information content (AvgIpc) is 2.34. The largest absolute Gasteiger partial charge is 0.386 e. The van der Waals surface area contributed by atoms with Gasteiger partial charge in [-0.2, -0.15) is 0 Å². The molecule has 6 nitrogen and oxygen atoms in total. The van der Waals surface area contributed by atoms with Crippen LogP contribution in [0.1, 0.15) is 13.8 Å². The van der Waals surface area contributed by atoms with Crippen molar-refractivity contribution >= 4 is 15.7 Å². The Balaban J connectivity index is 2.68. The zero-order valence-corrected chi connectivity index (χ0v) is 11.6. The second-order valence-electron chi connectivity index (χ2n) is 3.92. The molecule has 0 saturated heterocycles. The van der Waals surface area contributed by atoms with Crippen molar-refractivity contribution in [2.45, 2.75) is 25.0 Å². The molecule has 1 aromatic heterocycles. The minimum atomic E-state index is -3.60. The summed E-state index contributed by atoms with van der Waals surface area (Å²) in [6.45, 7) is 4.34. The molecule has 1 heterocycles. The zero-order valence-electron chi connectivity index (χ0n) is 10.8. The Morgan fingerprint density at radius 3 is 2.78 bits per heavy atom. The molecule has 0 unspecified atom stereocenters. The van der Waals surface area contributed by atoms with E-state index >= 15 is 0 Å². The van der Waals surface area contributed by atoms with Crippen molar-refractivity contribution in [1.29, 1.82) is 0 Å². The summed E-state index contributed by atoms with van der Waals surface area (Å²) in [5, 5.41) is 2.79. The van der Waals surface area contributed by atoms with Gasteiger partial charge in [-0.15, -0.1) is 0 Å². The standard InChI is InChI=1S/C11H19N3O3S/c1-9(2)17-8-7-14-18(15,16)11-10(12-3)5-4-6-13-11/h4-6,9,12,14H,7-8H2,1-3H3. The van der Waals surface area contributed by atoms with Gasteiger partial charge in [0.1, 0.15) is 0 Å². The summed E-state index contributed by atoms with van der Waals surface area (Å²) < 4.78 is 31.7. The van der Waals surface area contributed by atoms with Crippen LogP contribution in [0.15, 0.2) is 23.4 Å². The first-order valence-electron chi connectivity index (χ1n) is 5.71. The Morgan fingerprint density at radius 2 is 2.17 bits per heavy atom. The van der Waals surface area contributed by atoms with Crippen molar-refractivity contribution in [2.75, 3.05) is 25.5 Å². The third kappa shape index (κ3) is 4.25. The molecule has 0 amide bonds. The highest BCUT2D eigenvalue weighted by Crippen LogP contribution is 2.16. The molecule has 7 heteroatoms. The number of ether oxygens (including phenoxy) is 1. The molecule has 102 valence electrons. The van der Waals surface area contributed by atoms with E-state index in [2.05, 4.69) is 15.0 Å². The first-order chi connectivity index (χ1) is 8.47. The van der Waals surface area contributed by atoms with E-state index in [1.54, 1.807) is 19.2 Å². The Bertz CT molecular complexity index is 474. The van der Waals surface area contributed by atoms with Crippen molar-refractivity contribution in [3.8, 4) is 0 Å². The Labute approximate surface area is 108 Å². The summed E-state index contributed by atoms with van der Waals surface area (Å²) in [5.41, 5.74) is 0.467. The number of aromatic nitrogens is 1. The number of sulfonamides is 1. The number of pyridine rings is 1. The quantitative estimate of drug-likeness (QED) is 0.719. The van der Waals surface area contributed by atoms with Crippen LogP contribution in [0.3, 0.4) is 0 Å². The number of nitrogens with zero attached hydrogens (tertiary/aromatic N) is 1. The summed E-state index contributed by atoms with van der Waals surface area (Å²) in [4.78, 5) is 3.88. The highest BCUT2D eigenvalue weighted by atomic mass is 32.2. The molecule has 0 aliphatic heterocycles. The lowest BCUT2D eigenvalue weighted by molar-refractivity contribution is 0.0834. The molecule has 2 N–H and O–H groups in total. The number of anilines is 1. The normalized spacial score (nSPS) is 11.8. The van der Waals surface area contributed by atoms with Crippen LogP contribution in [0.2, 0.25) is 0 Å². The van der Waals surface area contributed by atoms with Crippen LogP contribution in [0.5, 0.6) is 0 Å². The smallest absolute Gasteiger partial charge is 0.260 e. The zero-order chi connectivity index (χ0) is 13.6. The van der Waals surface area contributed by atoms with Gasteiger partial charge in [0.05, 0.1) is 18.4 Å². The van der Waals surface area contributed by atoms with Gasteiger partial charge in [0.25, 0.3) is 10.0 Å². The molecular formula is C11H19N3O3S. The number of hydrogen-bond acceptors (Lipinski definition) is 5. The lowest BCUT2D eigenvalue weighted by Gasteiger charge is -2.11. The first kappa shape index (κ1) is 14.9. The Kier molecular flexibility index (Phi) is 5.52. The molecule has 0 fully saturated rings. The maximum Gasteiger partial charge on any atom is 0.260 e. The van der Waals surface area contributed by atoms with E-state index in [1.807, 2.05) is 13.8 Å². The van der Waals surface area contributed by atoms with E-state index in [1.165, 1.54) is 6.20 Å². The molecular weight excluding hydrogens is 254 g/mol. The van der Waals surface area contributed by atoms with Gasteiger partial charge >= 0.3 is 0 Å². The maximum absolute atomic E-state index is 12.0. The second kappa shape index (κ2) is 6.67. The number of nitrogens with one attached hydrogen (secondary N) is 2. The topological polar surface area (TPSA) is 80.3 Å². The van der Waals surface area contributed by atoms with Gasteiger partial charge in [-0.05, 0) is 26.0 Å². The van der Waals surface area contributed by atoms with Crippen LogP contribution in [0.25, 0.3) is 0 Å². The van der Waals surface area contributed by atoms with Gasteiger partial charge in [-0.1, -0.05) is 0 Å². The third-order valence-corrected chi connectivity index (χ3v) is 3.56. The number of rotatable bonds is 7. The van der Waals surface area contributed by atoms with E-state index < -0.39 is 10.0 Å². The highest BCUT2D eigenvalue weighted by molar-refractivity contribution is 7.89. The summed E-state index contributed by atoms with van der Waals surface area (Å²) in [6.07, 6.45) is 1.53. The molecule has 18 heavy (non-hydrogen) atoms. The second-order valence-corrected chi connectivity index (χ2v) is 5.61. The SMILES string of the molecule is CNc1cccnc1S(=O)(=O)NCCOC(C)C. The summed E-state index contributed by atoms with van der Waals surface area (Å²) in [6, 6.07) is 3.33. The highest BCUT2D eigenvalue weighted by Gasteiger charge is 2.18. The van der Waals surface area contributed by atoms with Crippen LogP contribution in [-0.4, -0.2) is 39.7 Å². The van der Waals surface area contributed by atoms with Gasteiger partial charge in [0.2, 0.25) is 0 Å². The molecule has 0 saturated carbocycles. The molecule has 0 spiro atoms. The summed E-state index contributed by atoms with van der Waals surface area (Å²) in [7, 11) is -1.95. The third-order valence-electron chi connectivity index (χ3n) is 2.14. The maximum atomic E-state index is 12.0. The lowest BCUT2D eigenvalue weighted by atomic mass is 10.4. The fourth-order valence-corrected chi connectivity index (χ4v) is 2.48. The molecule has 0 aliphatic rings. The van der Waals surface area contributed by atoms with Crippen molar-refractivity contribution in [1.82, 2.24) is 9.71 Å². The Morgan fingerprint density at radius 1 is 1.44 bits per heavy atom. The predicted molar refractivity (Wildman–Crippen MR) is 70.1 cm³/mol. The van der Waals surface area contributed by atoms with Crippen molar-refractivity contribution in [3.05, 3.63) is 18.3 Å². The fourth-order valence-electron chi connectivity index (χ4n) is 1.33. The van der Waals surface area contributed by atoms with Crippen LogP contribution in [0.4, 0.5) is 5.69 Å². The molecule has 0 aliphatic carbocycles. The van der Waals surface area contributed by atoms with Gasteiger partial charge in [0, 0.05) is 19.8 Å². The summed E-state index contributed by atoms with van der Waals surface area (Å²) >= 11 is 0. The lowest BCUT2D eigenvalue weighted by Crippen LogP contribution is -2.29. The van der Waals surface area contributed by atoms with Crippen LogP contribution < -0.4 is 10.0 Å². The number of hydrogen-bond donors (Lipinski definition) is 2. The fraction of sp³-hybridized carbons (Fsp3) is 0.545. The van der Waals surface area contributed by atoms with Crippen molar-refractivity contribution < 1.29 is 13.2 Å². The Hall–Kier alpha value is -1.18. The van der Waals surface area contributed by atoms with Crippen LogP contribution >= 0.6 is 0 Å². The van der Waals surface area contributed by atoms with Crippen molar-refractivity contribution in [2.24, 2.45) is 0 Å². The molecule has 0 radical (unpaired) electrons. The van der Waals surface area contributed by atoms with Gasteiger partial charge in [0.15, 0.2) is 5.03 Å². The van der Waals surface area contributed by atoms with Gasteiger partial charge in [-0.25, -0.2) is 18.1 Å². The molecule has 1 aromatic rings. The minimum absolute atomic E-state index is 0.00273. The van der Waals surface area contributed by atoms with Crippen molar-refractivity contribution in [3.63, 3.8) is 0 Å². The summed E-state index contributed by atoms with van der Waals surface area (Å²) in [5.74, 6) is 0. The average molecular weight is 273 g/mol. The van der Waals surface area contributed by atoms with Crippen LogP contribution in [0, 0.1) is 0 Å². The first-order valence-corrected chi connectivity index (χ1v) is 7.19. The predicted octanol–water partition coefficient (Wildman–Crippen LogP) is 0.827. The minimum Gasteiger partial charge on any atom is -0.386 e. The van der Waals surface area contributed by atoms with E-state index in [0.717, 1.165) is 0 Å². The van der Waals surface area contributed by atoms with Gasteiger partial charge < -0.3 is 10.1 Å². The molecule has 1 rings (SSSR count). The van der Waals surface area contributed by atoms with E-state index in [4.69, 9.17) is 4.74 Å². The molecule has 0 aromatic carbocycles. The van der Waals surface area contributed by atoms with E-state index in [0.29, 0.717) is 12.3 Å². The monoisotopic (exact) mass is 273 g/mol.